The number of hydrogen-bond acceptors (Lipinski definition) is 4. The second-order valence-electron chi connectivity index (χ2n) is 3.79. The lowest BCUT2D eigenvalue weighted by Gasteiger charge is -2.23. The van der Waals surface area contributed by atoms with Crippen LogP contribution in [0.3, 0.4) is 0 Å². The molecule has 4 heteroatoms. The molecular formula is C12H18O4. The van der Waals surface area contributed by atoms with Gasteiger partial charge in [0.15, 0.2) is 6.79 Å². The average Bonchev–Trinajstić information content (AvgIpc) is 2.27. The predicted octanol–water partition coefficient (Wildman–Crippen LogP) is 1.52. The lowest BCUT2D eigenvalue weighted by atomic mass is 9.97. The van der Waals surface area contributed by atoms with E-state index in [2.05, 4.69) is 0 Å². The maximum atomic E-state index is 10.1. The first kappa shape index (κ1) is 13.0. The summed E-state index contributed by atoms with van der Waals surface area (Å²) in [4.78, 5) is 0. The van der Waals surface area contributed by atoms with Crippen LogP contribution >= 0.6 is 0 Å². The van der Waals surface area contributed by atoms with Gasteiger partial charge in [0, 0.05) is 14.2 Å². The van der Waals surface area contributed by atoms with Crippen molar-refractivity contribution in [3.05, 3.63) is 29.8 Å². The Hall–Kier alpha value is -1.10. The van der Waals surface area contributed by atoms with E-state index in [0.29, 0.717) is 5.75 Å². The van der Waals surface area contributed by atoms with Crippen molar-refractivity contribution < 1.29 is 19.3 Å². The molecule has 16 heavy (non-hydrogen) atoms. The molecule has 1 N–H and O–H groups in total. The molecule has 0 aliphatic carbocycles. The standard InChI is InChI=1S/C12H18O4/c1-12(13,8-14-2)10-5-4-6-11(7-10)16-9-15-3/h4-7,13H,8-9H2,1-3H3. The van der Waals surface area contributed by atoms with E-state index < -0.39 is 5.60 Å². The van der Waals surface area contributed by atoms with Crippen molar-refractivity contribution in [2.24, 2.45) is 0 Å². The highest BCUT2D eigenvalue weighted by atomic mass is 16.7. The molecule has 0 heterocycles. The minimum atomic E-state index is -1.01. The van der Waals surface area contributed by atoms with Crippen LogP contribution in [-0.4, -0.2) is 32.7 Å². The van der Waals surface area contributed by atoms with Crippen molar-refractivity contribution >= 4 is 0 Å². The molecule has 4 nitrogen and oxygen atoms in total. The highest BCUT2D eigenvalue weighted by Crippen LogP contribution is 2.24. The Kier molecular flexibility index (Phi) is 4.73. The van der Waals surface area contributed by atoms with Crippen molar-refractivity contribution in [1.29, 1.82) is 0 Å². The van der Waals surface area contributed by atoms with Crippen LogP contribution in [-0.2, 0) is 15.1 Å². The number of ether oxygens (including phenoxy) is 3. The summed E-state index contributed by atoms with van der Waals surface area (Å²) in [6.07, 6.45) is 0. The molecule has 1 unspecified atom stereocenters. The van der Waals surface area contributed by atoms with Crippen molar-refractivity contribution in [3.8, 4) is 5.75 Å². The second-order valence-corrected chi connectivity index (χ2v) is 3.79. The van der Waals surface area contributed by atoms with Crippen molar-refractivity contribution in [2.45, 2.75) is 12.5 Å². The van der Waals surface area contributed by atoms with E-state index in [1.165, 1.54) is 0 Å². The molecule has 0 aliphatic rings. The van der Waals surface area contributed by atoms with Crippen LogP contribution < -0.4 is 4.74 Å². The Morgan fingerprint density at radius 2 is 2.00 bits per heavy atom. The lowest BCUT2D eigenvalue weighted by molar-refractivity contribution is -0.0212. The summed E-state index contributed by atoms with van der Waals surface area (Å²) in [7, 11) is 3.12. The Morgan fingerprint density at radius 1 is 1.25 bits per heavy atom. The van der Waals surface area contributed by atoms with E-state index in [1.54, 1.807) is 27.2 Å². The highest BCUT2D eigenvalue weighted by molar-refractivity contribution is 5.32. The maximum absolute atomic E-state index is 10.1. The predicted molar refractivity (Wildman–Crippen MR) is 60.4 cm³/mol. The summed E-state index contributed by atoms with van der Waals surface area (Å²) >= 11 is 0. The van der Waals surface area contributed by atoms with Crippen LogP contribution in [0, 0.1) is 0 Å². The van der Waals surface area contributed by atoms with Crippen molar-refractivity contribution in [2.75, 3.05) is 27.6 Å². The Balaban J connectivity index is 2.80. The third-order valence-corrected chi connectivity index (χ3v) is 2.22. The summed E-state index contributed by atoms with van der Waals surface area (Å²) in [5, 5.41) is 10.1. The molecule has 90 valence electrons. The van der Waals surface area contributed by atoms with Gasteiger partial charge in [-0.05, 0) is 24.6 Å². The molecular weight excluding hydrogens is 208 g/mol. The van der Waals surface area contributed by atoms with Crippen LogP contribution in [0.5, 0.6) is 5.75 Å². The van der Waals surface area contributed by atoms with Crippen LogP contribution in [0.15, 0.2) is 24.3 Å². The van der Waals surface area contributed by atoms with Gasteiger partial charge in [0.1, 0.15) is 11.4 Å². The Labute approximate surface area is 95.8 Å². The number of aliphatic hydroxyl groups is 1. The molecule has 0 amide bonds. The third kappa shape index (κ3) is 3.48. The molecule has 0 aliphatic heterocycles. The van der Waals surface area contributed by atoms with Crippen LogP contribution in [0.2, 0.25) is 0 Å². The first-order chi connectivity index (χ1) is 7.60. The zero-order chi connectivity index (χ0) is 12.0. The number of methoxy groups -OCH3 is 2. The molecule has 0 saturated heterocycles. The first-order valence-corrected chi connectivity index (χ1v) is 5.04. The van der Waals surface area contributed by atoms with Crippen LogP contribution in [0.4, 0.5) is 0 Å². The molecule has 1 aromatic carbocycles. The number of benzene rings is 1. The fourth-order valence-corrected chi connectivity index (χ4v) is 1.41. The molecule has 1 atom stereocenters. The first-order valence-electron chi connectivity index (χ1n) is 5.04. The number of rotatable bonds is 6. The summed E-state index contributed by atoms with van der Waals surface area (Å²) in [5.74, 6) is 0.663. The highest BCUT2D eigenvalue weighted by Gasteiger charge is 2.23. The van der Waals surface area contributed by atoms with Gasteiger partial charge < -0.3 is 19.3 Å². The SMILES string of the molecule is COCOc1cccc(C(C)(O)COC)c1. The minimum Gasteiger partial charge on any atom is -0.468 e. The molecule has 0 radical (unpaired) electrons. The summed E-state index contributed by atoms with van der Waals surface area (Å²) in [6, 6.07) is 7.24. The normalized spacial score (nSPS) is 14.5. The van der Waals surface area contributed by atoms with Crippen LogP contribution in [0.1, 0.15) is 12.5 Å². The smallest absolute Gasteiger partial charge is 0.188 e. The molecule has 1 aromatic rings. The zero-order valence-electron chi connectivity index (χ0n) is 9.90. The summed E-state index contributed by atoms with van der Waals surface area (Å²) in [5.41, 5.74) is -0.260. The van der Waals surface area contributed by atoms with Gasteiger partial charge in [0.25, 0.3) is 0 Å². The third-order valence-electron chi connectivity index (χ3n) is 2.22. The number of hydrogen-bond donors (Lipinski definition) is 1. The van der Waals surface area contributed by atoms with Crippen LogP contribution in [0.25, 0.3) is 0 Å². The van der Waals surface area contributed by atoms with Gasteiger partial charge in [-0.2, -0.15) is 0 Å². The molecule has 0 spiro atoms. The monoisotopic (exact) mass is 226 g/mol. The molecule has 1 rings (SSSR count). The van der Waals surface area contributed by atoms with E-state index in [-0.39, 0.29) is 13.4 Å². The van der Waals surface area contributed by atoms with Gasteiger partial charge in [0.05, 0.1) is 6.61 Å². The molecule has 0 bridgehead atoms. The fourth-order valence-electron chi connectivity index (χ4n) is 1.41. The average molecular weight is 226 g/mol. The van der Waals surface area contributed by atoms with Gasteiger partial charge >= 0.3 is 0 Å². The van der Waals surface area contributed by atoms with E-state index >= 15 is 0 Å². The summed E-state index contributed by atoms with van der Waals surface area (Å²) in [6.45, 7) is 2.13. The van der Waals surface area contributed by atoms with E-state index in [1.807, 2.05) is 18.2 Å². The minimum absolute atomic E-state index is 0.190. The van der Waals surface area contributed by atoms with Gasteiger partial charge in [-0.15, -0.1) is 0 Å². The zero-order valence-corrected chi connectivity index (χ0v) is 9.90. The van der Waals surface area contributed by atoms with E-state index in [9.17, 15) is 5.11 Å². The Bertz CT molecular complexity index is 323. The van der Waals surface area contributed by atoms with Crippen molar-refractivity contribution in [3.63, 3.8) is 0 Å². The van der Waals surface area contributed by atoms with Gasteiger partial charge in [-0.1, -0.05) is 12.1 Å². The second kappa shape index (κ2) is 5.84. The summed E-state index contributed by atoms with van der Waals surface area (Å²) < 4.78 is 15.1. The molecule has 0 fully saturated rings. The van der Waals surface area contributed by atoms with Gasteiger partial charge in [0.2, 0.25) is 0 Å². The molecule has 0 saturated carbocycles. The largest absolute Gasteiger partial charge is 0.468 e. The van der Waals surface area contributed by atoms with E-state index in [4.69, 9.17) is 14.2 Å². The quantitative estimate of drug-likeness (QED) is 0.747. The maximum Gasteiger partial charge on any atom is 0.188 e. The van der Waals surface area contributed by atoms with Gasteiger partial charge in [-0.25, -0.2) is 0 Å². The topological polar surface area (TPSA) is 47.9 Å². The van der Waals surface area contributed by atoms with E-state index in [0.717, 1.165) is 5.56 Å². The van der Waals surface area contributed by atoms with Crippen molar-refractivity contribution in [1.82, 2.24) is 0 Å². The lowest BCUT2D eigenvalue weighted by Crippen LogP contribution is -2.27. The van der Waals surface area contributed by atoms with Gasteiger partial charge in [-0.3, -0.25) is 0 Å². The Morgan fingerprint density at radius 3 is 2.62 bits per heavy atom. The fraction of sp³-hybridized carbons (Fsp3) is 0.500. The molecule has 0 aromatic heterocycles.